The van der Waals surface area contributed by atoms with Crippen molar-refractivity contribution in [2.45, 2.75) is 50.6 Å². The van der Waals surface area contributed by atoms with Crippen molar-refractivity contribution in [2.24, 2.45) is 17.6 Å². The first kappa shape index (κ1) is 15.0. The minimum atomic E-state index is -3.43. The summed E-state index contributed by atoms with van der Waals surface area (Å²) in [5, 5.41) is 1.78. The molecule has 19 heavy (non-hydrogen) atoms. The second-order valence-corrected chi connectivity index (χ2v) is 8.22. The quantitative estimate of drug-likeness (QED) is 0.896. The summed E-state index contributed by atoms with van der Waals surface area (Å²) in [6, 6.07) is 1.69. The van der Waals surface area contributed by atoms with E-state index in [1.54, 1.807) is 11.4 Å². The zero-order valence-corrected chi connectivity index (χ0v) is 13.1. The molecule has 1 aliphatic rings. The lowest BCUT2D eigenvalue weighted by Crippen LogP contribution is -2.42. The molecule has 1 fully saturated rings. The van der Waals surface area contributed by atoms with Crippen LogP contribution in [0.25, 0.3) is 0 Å². The summed E-state index contributed by atoms with van der Waals surface area (Å²) < 4.78 is 27.7. The van der Waals surface area contributed by atoms with E-state index in [0.29, 0.717) is 16.7 Å². The summed E-state index contributed by atoms with van der Waals surface area (Å²) in [5.74, 6) is 1.08. The minimum absolute atomic E-state index is 0.0479. The molecule has 0 aliphatic heterocycles. The lowest BCUT2D eigenvalue weighted by atomic mass is 9.80. The van der Waals surface area contributed by atoms with Crippen LogP contribution in [0.5, 0.6) is 0 Å². The molecule has 0 radical (unpaired) electrons. The van der Waals surface area contributed by atoms with E-state index in [1.807, 2.05) is 0 Å². The van der Waals surface area contributed by atoms with Gasteiger partial charge in [0.05, 0.1) is 4.90 Å². The number of thiophene rings is 1. The van der Waals surface area contributed by atoms with Crippen molar-refractivity contribution in [3.63, 3.8) is 0 Å². The third-order valence-corrected chi connectivity index (χ3v) is 6.56. The topological polar surface area (TPSA) is 72.2 Å². The largest absolute Gasteiger partial charge is 0.326 e. The number of sulfonamides is 1. The van der Waals surface area contributed by atoms with Gasteiger partial charge in [-0.15, -0.1) is 11.3 Å². The van der Waals surface area contributed by atoms with E-state index in [2.05, 4.69) is 18.6 Å². The number of nitrogens with one attached hydrogen (secondary N) is 1. The van der Waals surface area contributed by atoms with E-state index in [1.165, 1.54) is 11.3 Å². The number of nitrogens with two attached hydrogens (primary N) is 1. The van der Waals surface area contributed by atoms with Crippen molar-refractivity contribution in [3.8, 4) is 0 Å². The molecular formula is C13H22N2O2S2. The van der Waals surface area contributed by atoms with Gasteiger partial charge in [0.15, 0.2) is 0 Å². The lowest BCUT2D eigenvalue weighted by Gasteiger charge is -2.32. The Bertz CT molecular complexity index is 525. The highest BCUT2D eigenvalue weighted by molar-refractivity contribution is 7.89. The molecule has 1 aromatic heterocycles. The van der Waals surface area contributed by atoms with Gasteiger partial charge in [0.25, 0.3) is 0 Å². The van der Waals surface area contributed by atoms with Crippen molar-refractivity contribution in [2.75, 3.05) is 0 Å². The maximum atomic E-state index is 12.4. The first-order valence-corrected chi connectivity index (χ1v) is 9.09. The predicted molar refractivity (Wildman–Crippen MR) is 78.5 cm³/mol. The molecule has 3 N–H and O–H groups in total. The monoisotopic (exact) mass is 302 g/mol. The molecule has 0 amide bonds. The highest BCUT2D eigenvalue weighted by Crippen LogP contribution is 2.30. The van der Waals surface area contributed by atoms with E-state index in [9.17, 15) is 8.42 Å². The first-order chi connectivity index (χ1) is 8.94. The fourth-order valence-electron chi connectivity index (χ4n) is 2.82. The SMILES string of the molecule is CC1CCC(NS(=O)(=O)c2ccsc2CN)C(C)C1. The third-order valence-electron chi connectivity index (χ3n) is 3.92. The summed E-state index contributed by atoms with van der Waals surface area (Å²) in [4.78, 5) is 1.08. The van der Waals surface area contributed by atoms with Gasteiger partial charge in [0, 0.05) is 17.5 Å². The Balaban J connectivity index is 2.14. The maximum Gasteiger partial charge on any atom is 0.241 e. The molecule has 4 nitrogen and oxygen atoms in total. The Morgan fingerprint density at radius 2 is 2.16 bits per heavy atom. The molecule has 1 aliphatic carbocycles. The fourth-order valence-corrected chi connectivity index (χ4v) is 5.53. The van der Waals surface area contributed by atoms with Gasteiger partial charge < -0.3 is 5.73 Å². The zero-order chi connectivity index (χ0) is 14.0. The number of hydrogen-bond donors (Lipinski definition) is 2. The summed E-state index contributed by atoms with van der Waals surface area (Å²) in [7, 11) is -3.43. The van der Waals surface area contributed by atoms with Crippen molar-refractivity contribution >= 4 is 21.4 Å². The Morgan fingerprint density at radius 1 is 1.42 bits per heavy atom. The molecule has 6 heteroatoms. The van der Waals surface area contributed by atoms with E-state index >= 15 is 0 Å². The Labute approximate surface area is 119 Å². The predicted octanol–water partition coefficient (Wildman–Crippen LogP) is 2.31. The van der Waals surface area contributed by atoms with Crippen LogP contribution in [0.4, 0.5) is 0 Å². The van der Waals surface area contributed by atoms with Gasteiger partial charge in [-0.1, -0.05) is 13.8 Å². The standard InChI is InChI=1S/C13H22N2O2S2/c1-9-3-4-11(10(2)7-9)15-19(16,17)13-5-6-18-12(13)8-14/h5-6,9-11,15H,3-4,7-8,14H2,1-2H3. The van der Waals surface area contributed by atoms with Gasteiger partial charge >= 0.3 is 0 Å². The summed E-state index contributed by atoms with van der Waals surface area (Å²) in [6.45, 7) is 4.62. The summed E-state index contributed by atoms with van der Waals surface area (Å²) in [6.07, 6.45) is 3.09. The molecule has 3 unspecified atom stereocenters. The first-order valence-electron chi connectivity index (χ1n) is 6.72. The number of rotatable bonds is 4. The van der Waals surface area contributed by atoms with Crippen LogP contribution in [-0.2, 0) is 16.6 Å². The van der Waals surface area contributed by atoms with Gasteiger partial charge in [-0.25, -0.2) is 13.1 Å². The van der Waals surface area contributed by atoms with Crippen molar-refractivity contribution in [1.29, 1.82) is 0 Å². The van der Waals surface area contributed by atoms with E-state index in [0.717, 1.165) is 24.1 Å². The molecule has 1 aromatic rings. The van der Waals surface area contributed by atoms with Crippen LogP contribution < -0.4 is 10.5 Å². The molecule has 2 rings (SSSR count). The van der Waals surface area contributed by atoms with E-state index in [4.69, 9.17) is 5.73 Å². The molecule has 108 valence electrons. The molecular weight excluding hydrogens is 280 g/mol. The van der Waals surface area contributed by atoms with Crippen LogP contribution in [0.3, 0.4) is 0 Å². The molecule has 0 saturated heterocycles. The van der Waals surface area contributed by atoms with Crippen LogP contribution in [0.15, 0.2) is 16.3 Å². The van der Waals surface area contributed by atoms with Crippen molar-refractivity contribution < 1.29 is 8.42 Å². The van der Waals surface area contributed by atoms with Gasteiger partial charge in [0.1, 0.15) is 0 Å². The summed E-state index contributed by atoms with van der Waals surface area (Å²) in [5.41, 5.74) is 5.59. The molecule has 1 saturated carbocycles. The van der Waals surface area contributed by atoms with Crippen LogP contribution in [0.2, 0.25) is 0 Å². The molecule has 0 aromatic carbocycles. The fraction of sp³-hybridized carbons (Fsp3) is 0.692. The van der Waals surface area contributed by atoms with Crippen LogP contribution in [0, 0.1) is 11.8 Å². The summed E-state index contributed by atoms with van der Waals surface area (Å²) >= 11 is 1.40. The van der Waals surface area contributed by atoms with Gasteiger partial charge in [-0.3, -0.25) is 0 Å². The third kappa shape index (κ3) is 3.37. The van der Waals surface area contributed by atoms with Crippen LogP contribution >= 0.6 is 11.3 Å². The molecule has 0 spiro atoms. The van der Waals surface area contributed by atoms with Gasteiger partial charge in [-0.2, -0.15) is 0 Å². The maximum absolute atomic E-state index is 12.4. The Hall–Kier alpha value is -0.430. The Morgan fingerprint density at radius 3 is 2.79 bits per heavy atom. The average molecular weight is 302 g/mol. The normalized spacial score (nSPS) is 28.5. The smallest absolute Gasteiger partial charge is 0.241 e. The van der Waals surface area contributed by atoms with Crippen molar-refractivity contribution in [3.05, 3.63) is 16.3 Å². The average Bonchev–Trinajstić information content (AvgIpc) is 2.82. The van der Waals surface area contributed by atoms with Crippen molar-refractivity contribution in [1.82, 2.24) is 4.72 Å². The van der Waals surface area contributed by atoms with E-state index < -0.39 is 10.0 Å². The van der Waals surface area contributed by atoms with E-state index in [-0.39, 0.29) is 12.6 Å². The Kier molecular flexibility index (Phi) is 4.66. The second-order valence-electron chi connectivity index (χ2n) is 5.54. The highest BCUT2D eigenvalue weighted by Gasteiger charge is 2.30. The molecule has 0 bridgehead atoms. The molecule has 3 atom stereocenters. The second kappa shape index (κ2) is 5.91. The number of hydrogen-bond acceptors (Lipinski definition) is 4. The lowest BCUT2D eigenvalue weighted by molar-refractivity contribution is 0.249. The zero-order valence-electron chi connectivity index (χ0n) is 11.4. The van der Waals surface area contributed by atoms with Crippen LogP contribution in [0.1, 0.15) is 38.0 Å². The van der Waals surface area contributed by atoms with Gasteiger partial charge in [0.2, 0.25) is 10.0 Å². The van der Waals surface area contributed by atoms with Gasteiger partial charge in [-0.05, 0) is 42.5 Å². The minimum Gasteiger partial charge on any atom is -0.326 e. The van der Waals surface area contributed by atoms with Crippen LogP contribution in [-0.4, -0.2) is 14.5 Å². The highest BCUT2D eigenvalue weighted by atomic mass is 32.2. The molecule has 1 heterocycles.